The van der Waals surface area contributed by atoms with Crippen LogP contribution in [0, 0.1) is 13.8 Å². The fourth-order valence-corrected chi connectivity index (χ4v) is 3.65. The van der Waals surface area contributed by atoms with Crippen molar-refractivity contribution in [2.45, 2.75) is 45.7 Å². The average Bonchev–Trinajstić information content (AvgIpc) is 3.23. The van der Waals surface area contributed by atoms with Crippen LogP contribution in [0.25, 0.3) is 5.69 Å². The molecule has 26 heavy (non-hydrogen) atoms. The molecule has 1 aromatic carbocycles. The minimum atomic E-state index is 0.155. The van der Waals surface area contributed by atoms with E-state index in [1.807, 2.05) is 31.2 Å². The molecule has 0 bridgehead atoms. The maximum atomic E-state index is 6.07. The van der Waals surface area contributed by atoms with Crippen LogP contribution in [0.1, 0.15) is 48.2 Å². The predicted molar refractivity (Wildman–Crippen MR) is 99.3 cm³/mol. The molecular weight excluding hydrogens is 350 g/mol. The van der Waals surface area contributed by atoms with Gasteiger partial charge in [-0.3, -0.25) is 4.90 Å². The number of rotatable bonds is 4. The molecule has 0 N–H and O–H groups in total. The molecule has 3 heterocycles. The highest BCUT2D eigenvalue weighted by Gasteiger charge is 2.28. The van der Waals surface area contributed by atoms with E-state index in [1.54, 1.807) is 4.80 Å². The van der Waals surface area contributed by atoms with Crippen molar-refractivity contribution >= 4 is 11.6 Å². The molecule has 4 rings (SSSR count). The Hall–Kier alpha value is -2.18. The fraction of sp³-hybridized carbons (Fsp3) is 0.421. The van der Waals surface area contributed by atoms with Gasteiger partial charge in [0, 0.05) is 5.02 Å². The molecule has 0 amide bonds. The summed E-state index contributed by atoms with van der Waals surface area (Å²) in [5.41, 5.74) is 2.01. The lowest BCUT2D eigenvalue weighted by Crippen LogP contribution is -2.33. The molecule has 1 unspecified atom stereocenters. The monoisotopic (exact) mass is 371 g/mol. The Balaban J connectivity index is 1.56. The SMILES string of the molecule is Cc1cc(CN2CCCCC2c2nnn(-c3cccc(Cl)c3)n2)oc1C. The molecule has 7 heteroatoms. The van der Waals surface area contributed by atoms with Gasteiger partial charge >= 0.3 is 0 Å². The molecule has 1 saturated heterocycles. The van der Waals surface area contributed by atoms with Crippen LogP contribution in [0.4, 0.5) is 0 Å². The van der Waals surface area contributed by atoms with Gasteiger partial charge in [-0.1, -0.05) is 24.1 Å². The summed E-state index contributed by atoms with van der Waals surface area (Å²) in [6, 6.07) is 9.75. The van der Waals surface area contributed by atoms with Crippen molar-refractivity contribution < 1.29 is 4.42 Å². The minimum absolute atomic E-state index is 0.155. The summed E-state index contributed by atoms with van der Waals surface area (Å²) < 4.78 is 5.87. The number of aromatic nitrogens is 4. The van der Waals surface area contributed by atoms with E-state index in [-0.39, 0.29) is 6.04 Å². The van der Waals surface area contributed by atoms with E-state index in [0.29, 0.717) is 5.02 Å². The number of halogens is 1. The third kappa shape index (κ3) is 3.52. The van der Waals surface area contributed by atoms with Crippen molar-refractivity contribution in [2.75, 3.05) is 6.54 Å². The van der Waals surface area contributed by atoms with Crippen molar-refractivity contribution in [1.82, 2.24) is 25.1 Å². The largest absolute Gasteiger partial charge is 0.465 e. The topological polar surface area (TPSA) is 60.0 Å². The first kappa shape index (κ1) is 17.2. The Labute approximate surface area is 157 Å². The lowest BCUT2D eigenvalue weighted by Gasteiger charge is -2.32. The van der Waals surface area contributed by atoms with Gasteiger partial charge < -0.3 is 4.42 Å². The van der Waals surface area contributed by atoms with Gasteiger partial charge in [-0.25, -0.2) is 0 Å². The fourth-order valence-electron chi connectivity index (χ4n) is 3.47. The van der Waals surface area contributed by atoms with Crippen LogP contribution in [-0.2, 0) is 6.54 Å². The van der Waals surface area contributed by atoms with Gasteiger partial charge in [0.15, 0.2) is 5.82 Å². The van der Waals surface area contributed by atoms with Crippen molar-refractivity contribution in [1.29, 1.82) is 0 Å². The summed E-state index contributed by atoms with van der Waals surface area (Å²) in [6.45, 7) is 5.86. The number of nitrogens with zero attached hydrogens (tertiary/aromatic N) is 5. The second kappa shape index (κ2) is 7.21. The molecule has 1 atom stereocenters. The Morgan fingerprint density at radius 1 is 1.23 bits per heavy atom. The first-order valence-corrected chi connectivity index (χ1v) is 9.34. The molecule has 0 radical (unpaired) electrons. The molecule has 0 saturated carbocycles. The third-order valence-corrected chi connectivity index (χ3v) is 5.19. The zero-order valence-electron chi connectivity index (χ0n) is 15.0. The van der Waals surface area contributed by atoms with Crippen molar-refractivity contribution in [3.8, 4) is 5.69 Å². The van der Waals surface area contributed by atoms with Crippen LogP contribution < -0.4 is 0 Å². The molecule has 6 nitrogen and oxygen atoms in total. The van der Waals surface area contributed by atoms with E-state index >= 15 is 0 Å². The number of piperidine rings is 1. The summed E-state index contributed by atoms with van der Waals surface area (Å²) >= 11 is 6.07. The number of furan rings is 1. The standard InChI is InChI=1S/C19H22ClN5O/c1-13-10-17(26-14(13)2)12-24-9-4-3-8-18(24)19-21-23-25(22-19)16-7-5-6-15(20)11-16/h5-7,10-11,18H,3-4,8-9,12H2,1-2H3. The van der Waals surface area contributed by atoms with Crippen molar-refractivity contribution in [2.24, 2.45) is 0 Å². The Bertz CT molecular complexity index is 883. The third-order valence-electron chi connectivity index (χ3n) is 4.96. The highest BCUT2D eigenvalue weighted by molar-refractivity contribution is 6.30. The Kier molecular flexibility index (Phi) is 4.78. The quantitative estimate of drug-likeness (QED) is 0.686. The van der Waals surface area contributed by atoms with Crippen molar-refractivity contribution in [3.63, 3.8) is 0 Å². The molecule has 3 aromatic rings. The molecule has 2 aromatic heterocycles. The van der Waals surface area contributed by atoms with Crippen LogP contribution in [0.2, 0.25) is 5.02 Å². The van der Waals surface area contributed by atoms with Gasteiger partial charge in [-0.05, 0) is 68.3 Å². The molecule has 1 fully saturated rings. The molecule has 0 aliphatic carbocycles. The number of hydrogen-bond donors (Lipinski definition) is 0. The number of hydrogen-bond acceptors (Lipinski definition) is 5. The predicted octanol–water partition coefficient (Wildman–Crippen LogP) is 4.25. The summed E-state index contributed by atoms with van der Waals surface area (Å²) in [5, 5.41) is 13.8. The summed E-state index contributed by atoms with van der Waals surface area (Å²) in [5.74, 6) is 2.73. The van der Waals surface area contributed by atoms with E-state index in [1.165, 1.54) is 18.4 Å². The highest BCUT2D eigenvalue weighted by Crippen LogP contribution is 2.31. The first-order chi connectivity index (χ1) is 12.6. The number of aryl methyl sites for hydroxylation is 2. The van der Waals surface area contributed by atoms with E-state index in [0.717, 1.165) is 42.5 Å². The zero-order chi connectivity index (χ0) is 18.1. The normalized spacial score (nSPS) is 18.3. The average molecular weight is 372 g/mol. The summed E-state index contributed by atoms with van der Waals surface area (Å²) in [7, 11) is 0. The van der Waals surface area contributed by atoms with Gasteiger partial charge in [0.1, 0.15) is 11.5 Å². The van der Waals surface area contributed by atoms with Gasteiger partial charge in [-0.15, -0.1) is 15.0 Å². The van der Waals surface area contributed by atoms with Crippen molar-refractivity contribution in [3.05, 3.63) is 58.3 Å². The van der Waals surface area contributed by atoms with E-state index in [9.17, 15) is 0 Å². The summed E-state index contributed by atoms with van der Waals surface area (Å²) in [4.78, 5) is 3.94. The number of benzene rings is 1. The molecule has 1 aliphatic rings. The van der Waals surface area contributed by atoms with E-state index in [4.69, 9.17) is 16.0 Å². The number of likely N-dealkylation sites (tertiary alicyclic amines) is 1. The lowest BCUT2D eigenvalue weighted by atomic mass is 10.0. The maximum absolute atomic E-state index is 6.07. The van der Waals surface area contributed by atoms with Gasteiger partial charge in [0.05, 0.1) is 18.3 Å². The van der Waals surface area contributed by atoms with E-state index in [2.05, 4.69) is 33.3 Å². The lowest BCUT2D eigenvalue weighted by molar-refractivity contribution is 0.123. The molecular formula is C19H22ClN5O. The Morgan fingerprint density at radius 2 is 2.12 bits per heavy atom. The number of tetrazole rings is 1. The smallest absolute Gasteiger partial charge is 0.192 e. The Morgan fingerprint density at radius 3 is 2.88 bits per heavy atom. The molecule has 1 aliphatic heterocycles. The highest BCUT2D eigenvalue weighted by atomic mass is 35.5. The van der Waals surface area contributed by atoms with Crippen LogP contribution >= 0.6 is 11.6 Å². The molecule has 136 valence electrons. The minimum Gasteiger partial charge on any atom is -0.465 e. The zero-order valence-corrected chi connectivity index (χ0v) is 15.8. The first-order valence-electron chi connectivity index (χ1n) is 8.96. The van der Waals surface area contributed by atoms with E-state index < -0.39 is 0 Å². The summed E-state index contributed by atoms with van der Waals surface area (Å²) in [6.07, 6.45) is 3.38. The van der Waals surface area contributed by atoms with Gasteiger partial charge in [0.25, 0.3) is 0 Å². The van der Waals surface area contributed by atoms with Crippen LogP contribution in [0.5, 0.6) is 0 Å². The second-order valence-electron chi connectivity index (χ2n) is 6.85. The molecule has 0 spiro atoms. The van der Waals surface area contributed by atoms with Crippen LogP contribution in [0.3, 0.4) is 0 Å². The second-order valence-corrected chi connectivity index (χ2v) is 7.29. The van der Waals surface area contributed by atoms with Crippen LogP contribution in [-0.4, -0.2) is 31.7 Å². The van der Waals surface area contributed by atoms with Gasteiger partial charge in [0.2, 0.25) is 0 Å². The maximum Gasteiger partial charge on any atom is 0.192 e. The van der Waals surface area contributed by atoms with Crippen LogP contribution in [0.15, 0.2) is 34.7 Å². The van der Waals surface area contributed by atoms with Gasteiger partial charge in [-0.2, -0.15) is 0 Å².